The molecule has 1 saturated heterocycles. The summed E-state index contributed by atoms with van der Waals surface area (Å²) in [4.78, 5) is 23.4. The first kappa shape index (κ1) is 29.4. The minimum atomic E-state index is -0.431. The lowest BCUT2D eigenvalue weighted by Gasteiger charge is -2.48. The van der Waals surface area contributed by atoms with Gasteiger partial charge in [-0.3, -0.25) is 14.7 Å². The number of aryl methyl sites for hydroxylation is 1. The molecule has 6 nitrogen and oxygen atoms in total. The molecule has 7 rings (SSSR count). The summed E-state index contributed by atoms with van der Waals surface area (Å²) < 4.78 is 6.16. The Morgan fingerprint density at radius 3 is 2.68 bits per heavy atom. The van der Waals surface area contributed by atoms with E-state index >= 15 is 0 Å². The van der Waals surface area contributed by atoms with Crippen LogP contribution in [0.1, 0.15) is 71.3 Å². The van der Waals surface area contributed by atoms with Crippen LogP contribution >= 0.6 is 11.3 Å². The van der Waals surface area contributed by atoms with Crippen molar-refractivity contribution in [1.29, 1.82) is 0 Å². The van der Waals surface area contributed by atoms with Crippen LogP contribution in [-0.2, 0) is 12.1 Å². The smallest absolute Gasteiger partial charge is 0.252 e. The van der Waals surface area contributed by atoms with Crippen LogP contribution in [-0.4, -0.2) is 50.8 Å². The van der Waals surface area contributed by atoms with Gasteiger partial charge in [0.2, 0.25) is 0 Å². The summed E-state index contributed by atoms with van der Waals surface area (Å²) in [5.41, 5.74) is 4.33. The number of carbonyl (C=O) groups excluding carboxylic acids is 1. The minimum Gasteiger partial charge on any atom is -0.461 e. The molecular weight excluding hydrogens is 581 g/mol. The number of aromatic nitrogens is 1. The van der Waals surface area contributed by atoms with Crippen LogP contribution in [0.3, 0.4) is 0 Å². The minimum absolute atomic E-state index is 0.0937. The van der Waals surface area contributed by atoms with Crippen molar-refractivity contribution in [3.63, 3.8) is 0 Å². The van der Waals surface area contributed by atoms with E-state index in [1.165, 1.54) is 35.4 Å². The van der Waals surface area contributed by atoms with Crippen LogP contribution in [0.5, 0.6) is 5.75 Å². The Hall–Kier alpha value is -3.30. The molecule has 1 aliphatic heterocycles. The Bertz CT molecular complexity index is 1740. The predicted octanol–water partition coefficient (Wildman–Crippen LogP) is 6.82. The monoisotopic (exact) mass is 619 g/mol. The van der Waals surface area contributed by atoms with Gasteiger partial charge in [-0.15, -0.1) is 11.3 Å². The van der Waals surface area contributed by atoms with Gasteiger partial charge in [-0.2, -0.15) is 0 Å². The molecule has 1 atom stereocenters. The predicted molar refractivity (Wildman–Crippen MR) is 179 cm³/mol. The van der Waals surface area contributed by atoms with Crippen molar-refractivity contribution in [3.8, 4) is 16.2 Å². The molecule has 8 heteroatoms. The molecule has 0 bridgehead atoms. The first-order valence-electron chi connectivity index (χ1n) is 15.7. The molecule has 3 aliphatic rings. The standard InChI is InChI=1S/C36H39N4O2SSi/c1-23-10-11-27(42-24(2)36(44)16-18-40(36)3)21-30(23)34(41)39-35(14-15-35)31-19-25(20-32-29(31)9-6-17-37-32)33-13-12-28(43-33)22-38-26-7-4-5-8-26/h6,9-13,17,19-21,26,38H,2,4-5,7-8,14-16,18,22H2,1,3H3,(H,39,41)/t36-/m0/s1. The van der Waals surface area contributed by atoms with Gasteiger partial charge in [-0.05, 0) is 105 Å². The van der Waals surface area contributed by atoms with Crippen molar-refractivity contribution >= 4 is 38.4 Å². The number of amides is 1. The van der Waals surface area contributed by atoms with Crippen LogP contribution in [0.2, 0.25) is 0 Å². The molecule has 3 heterocycles. The lowest BCUT2D eigenvalue weighted by atomic mass is 9.95. The van der Waals surface area contributed by atoms with E-state index in [2.05, 4.69) is 62.7 Å². The van der Waals surface area contributed by atoms with Gasteiger partial charge in [0.15, 0.2) is 0 Å². The molecule has 3 fully saturated rings. The first-order valence-corrected chi connectivity index (χ1v) is 17.0. The maximum absolute atomic E-state index is 13.9. The zero-order valence-electron chi connectivity index (χ0n) is 25.5. The number of hydrogen-bond donors (Lipinski definition) is 2. The highest BCUT2D eigenvalue weighted by molar-refractivity contribution is 7.15. The number of carbonyl (C=O) groups is 1. The second kappa shape index (κ2) is 11.6. The van der Waals surface area contributed by atoms with Gasteiger partial charge in [-0.25, -0.2) is 0 Å². The van der Waals surface area contributed by atoms with Crippen LogP contribution in [0.25, 0.3) is 21.3 Å². The summed E-state index contributed by atoms with van der Waals surface area (Å²) in [6.07, 6.45) is 9.79. The van der Waals surface area contributed by atoms with Gasteiger partial charge in [0.25, 0.3) is 5.91 Å². The van der Waals surface area contributed by atoms with Crippen molar-refractivity contribution in [2.75, 3.05) is 13.6 Å². The van der Waals surface area contributed by atoms with Gasteiger partial charge in [0.05, 0.1) is 26.5 Å². The summed E-state index contributed by atoms with van der Waals surface area (Å²) in [5, 5.41) is 7.90. The third kappa shape index (κ3) is 5.53. The number of ether oxygens (including phenoxy) is 1. The summed E-state index contributed by atoms with van der Waals surface area (Å²) in [6, 6.07) is 19.4. The zero-order chi connectivity index (χ0) is 30.5. The molecule has 2 saturated carbocycles. The molecular formula is C36H39N4O2SSi. The number of hydrogen-bond acceptors (Lipinski definition) is 6. The molecule has 225 valence electrons. The Morgan fingerprint density at radius 1 is 1.14 bits per heavy atom. The van der Waals surface area contributed by atoms with E-state index in [4.69, 9.17) is 9.72 Å². The molecule has 2 aromatic carbocycles. The number of nitrogens with one attached hydrogen (secondary N) is 2. The molecule has 4 aromatic rings. The van der Waals surface area contributed by atoms with Crippen molar-refractivity contribution in [2.24, 2.45) is 0 Å². The lowest BCUT2D eigenvalue weighted by Crippen LogP contribution is -2.60. The summed E-state index contributed by atoms with van der Waals surface area (Å²) >= 11 is 1.84. The molecule has 2 aliphatic carbocycles. The summed E-state index contributed by atoms with van der Waals surface area (Å²) in [6.45, 7) is 8.03. The number of pyridine rings is 1. The zero-order valence-corrected chi connectivity index (χ0v) is 27.4. The average molecular weight is 620 g/mol. The van der Waals surface area contributed by atoms with E-state index in [0.717, 1.165) is 59.9 Å². The maximum atomic E-state index is 13.9. The van der Waals surface area contributed by atoms with E-state index in [1.807, 2.05) is 55.8 Å². The van der Waals surface area contributed by atoms with Crippen LogP contribution in [0.15, 0.2) is 73.1 Å². The topological polar surface area (TPSA) is 66.5 Å². The largest absolute Gasteiger partial charge is 0.461 e. The maximum Gasteiger partial charge on any atom is 0.252 e. The number of likely N-dealkylation sites (N-methyl/N-ethyl adjacent to an activating group) is 1. The summed E-state index contributed by atoms with van der Waals surface area (Å²) in [7, 11) is 5.87. The molecule has 0 spiro atoms. The van der Waals surface area contributed by atoms with E-state index in [0.29, 0.717) is 23.1 Å². The molecule has 1 amide bonds. The molecule has 2 aromatic heterocycles. The average Bonchev–Trinajstić information content (AvgIpc) is 3.39. The fourth-order valence-corrected chi connectivity index (χ4v) is 7.86. The third-order valence-corrected chi connectivity index (χ3v) is 11.9. The number of rotatable bonds is 10. The van der Waals surface area contributed by atoms with Crippen molar-refractivity contribution in [3.05, 3.63) is 94.7 Å². The quantitative estimate of drug-likeness (QED) is 0.151. The number of thiophene rings is 1. The van der Waals surface area contributed by atoms with Crippen molar-refractivity contribution in [1.82, 2.24) is 20.5 Å². The molecule has 0 unspecified atom stereocenters. The van der Waals surface area contributed by atoms with E-state index in [9.17, 15) is 4.79 Å². The van der Waals surface area contributed by atoms with Gasteiger partial charge < -0.3 is 15.4 Å². The summed E-state index contributed by atoms with van der Waals surface area (Å²) in [5.74, 6) is 1.14. The Kier molecular flexibility index (Phi) is 7.73. The Labute approximate surface area is 267 Å². The second-order valence-corrected chi connectivity index (χ2v) is 14.8. The first-order chi connectivity index (χ1) is 21.2. The fourth-order valence-electron chi connectivity index (χ4n) is 6.64. The van der Waals surface area contributed by atoms with Crippen LogP contribution < -0.4 is 15.4 Å². The Morgan fingerprint density at radius 2 is 1.95 bits per heavy atom. The van der Waals surface area contributed by atoms with Crippen molar-refractivity contribution < 1.29 is 9.53 Å². The van der Waals surface area contributed by atoms with E-state index < -0.39 is 5.54 Å². The highest BCUT2D eigenvalue weighted by Gasteiger charge is 2.47. The van der Waals surface area contributed by atoms with Crippen molar-refractivity contribution in [2.45, 2.75) is 75.2 Å². The molecule has 44 heavy (non-hydrogen) atoms. The third-order valence-electron chi connectivity index (χ3n) is 9.82. The highest BCUT2D eigenvalue weighted by atomic mass is 32.1. The highest BCUT2D eigenvalue weighted by Crippen LogP contribution is 2.49. The number of benzene rings is 2. The Balaban J connectivity index is 1.14. The van der Waals surface area contributed by atoms with Gasteiger partial charge in [-0.1, -0.05) is 31.6 Å². The van der Waals surface area contributed by atoms with Crippen LogP contribution in [0, 0.1) is 6.92 Å². The molecule has 2 N–H and O–H groups in total. The lowest BCUT2D eigenvalue weighted by molar-refractivity contribution is 0.0839. The van der Waals surface area contributed by atoms with E-state index in [-0.39, 0.29) is 11.1 Å². The molecule has 3 radical (unpaired) electrons. The second-order valence-electron chi connectivity index (χ2n) is 12.8. The van der Waals surface area contributed by atoms with Crippen LogP contribution in [0.4, 0.5) is 0 Å². The van der Waals surface area contributed by atoms with Gasteiger partial charge >= 0.3 is 0 Å². The number of nitrogens with zero attached hydrogens (tertiary/aromatic N) is 2. The number of fused-ring (bicyclic) bond motifs is 1. The normalized spacial score (nSPS) is 21.2. The number of likely N-dealkylation sites (tertiary alicyclic amines) is 1. The SMILES string of the molecule is C=C(Oc1ccc(C)c(C(=O)NC2(c3cc(-c4ccc(CNC5CCCC5)s4)cc4ncccc34)CC2)c1)[C@@]1([Si])CCN1C. The van der Waals surface area contributed by atoms with Gasteiger partial charge in [0, 0.05) is 46.0 Å². The van der Waals surface area contributed by atoms with E-state index in [1.54, 1.807) is 0 Å². The van der Waals surface area contributed by atoms with Gasteiger partial charge in [0.1, 0.15) is 11.5 Å². The fraction of sp³-hybridized carbons (Fsp3) is 0.389.